The van der Waals surface area contributed by atoms with Gasteiger partial charge in [-0.3, -0.25) is 4.79 Å². The molecule has 0 aliphatic heterocycles. The minimum atomic E-state index is -0.428. The van der Waals surface area contributed by atoms with Gasteiger partial charge in [0.15, 0.2) is 0 Å². The molecule has 5 nitrogen and oxygen atoms in total. The number of amides is 1. The predicted molar refractivity (Wildman–Crippen MR) is 58.1 cm³/mol. The van der Waals surface area contributed by atoms with Crippen LogP contribution in [-0.2, 0) is 11.3 Å². The summed E-state index contributed by atoms with van der Waals surface area (Å²) < 4.78 is 1.62. The van der Waals surface area contributed by atoms with Crippen molar-refractivity contribution >= 4 is 22.9 Å². The summed E-state index contributed by atoms with van der Waals surface area (Å²) in [5, 5.41) is 0. The van der Waals surface area contributed by atoms with Crippen LogP contribution < -0.4 is 11.5 Å². The van der Waals surface area contributed by atoms with Crippen LogP contribution in [-0.4, -0.2) is 15.5 Å². The average Bonchev–Trinajstić information content (AvgIpc) is 2.45. The molecule has 15 heavy (non-hydrogen) atoms. The molecule has 4 N–H and O–H groups in total. The molecule has 0 atom stereocenters. The number of nitrogens with zero attached hydrogens (tertiary/aromatic N) is 2. The normalized spacial score (nSPS) is 10.7. The molecule has 78 valence electrons. The Morgan fingerprint density at radius 1 is 1.53 bits per heavy atom. The maximum Gasteiger partial charge on any atom is 0.237 e. The van der Waals surface area contributed by atoms with Gasteiger partial charge in [0.25, 0.3) is 0 Å². The Bertz CT molecular complexity index is 529. The number of hydrogen-bond donors (Lipinski definition) is 2. The summed E-state index contributed by atoms with van der Waals surface area (Å²) in [6.07, 6.45) is 0. The highest BCUT2D eigenvalue weighted by molar-refractivity contribution is 5.84. The zero-order valence-electron chi connectivity index (χ0n) is 8.40. The average molecular weight is 204 g/mol. The maximum atomic E-state index is 10.9. The number of nitrogens with two attached hydrogens (primary N) is 2. The molecule has 0 saturated carbocycles. The highest BCUT2D eigenvalue weighted by Crippen LogP contribution is 2.20. The Labute approximate surface area is 86.7 Å². The number of rotatable bonds is 2. The van der Waals surface area contributed by atoms with E-state index in [-0.39, 0.29) is 6.54 Å². The minimum Gasteiger partial charge on any atom is -0.369 e. The number of hydrogen-bond acceptors (Lipinski definition) is 3. The molecule has 1 heterocycles. The summed E-state index contributed by atoms with van der Waals surface area (Å²) in [5.41, 5.74) is 13.5. The number of benzene rings is 1. The fourth-order valence-electron chi connectivity index (χ4n) is 1.63. The summed E-state index contributed by atoms with van der Waals surface area (Å²) in [5.74, 6) is -0.111. The van der Waals surface area contributed by atoms with Crippen LogP contribution in [0.4, 0.5) is 5.95 Å². The zero-order chi connectivity index (χ0) is 11.0. The molecule has 0 unspecified atom stereocenters. The SMILES string of the molecule is Cc1cccc2c1nc(N)n2CC(N)=O. The van der Waals surface area contributed by atoms with Gasteiger partial charge in [-0.15, -0.1) is 0 Å². The number of nitrogen functional groups attached to an aromatic ring is 1. The van der Waals surface area contributed by atoms with Crippen molar-refractivity contribution in [1.29, 1.82) is 0 Å². The molecular weight excluding hydrogens is 192 g/mol. The fraction of sp³-hybridized carbons (Fsp3) is 0.200. The van der Waals surface area contributed by atoms with Gasteiger partial charge in [-0.2, -0.15) is 0 Å². The maximum absolute atomic E-state index is 10.9. The van der Waals surface area contributed by atoms with Crippen LogP contribution in [0.2, 0.25) is 0 Å². The topological polar surface area (TPSA) is 86.9 Å². The van der Waals surface area contributed by atoms with Gasteiger partial charge in [0, 0.05) is 0 Å². The van der Waals surface area contributed by atoms with Crippen LogP contribution in [0, 0.1) is 6.92 Å². The van der Waals surface area contributed by atoms with E-state index in [9.17, 15) is 4.79 Å². The molecule has 0 bridgehead atoms. The molecule has 0 aliphatic carbocycles. The van der Waals surface area contributed by atoms with Gasteiger partial charge < -0.3 is 16.0 Å². The number of anilines is 1. The number of carbonyl (C=O) groups is 1. The van der Waals surface area contributed by atoms with E-state index in [1.54, 1.807) is 4.57 Å². The van der Waals surface area contributed by atoms with E-state index in [2.05, 4.69) is 4.98 Å². The van der Waals surface area contributed by atoms with Crippen LogP contribution in [0.1, 0.15) is 5.56 Å². The third-order valence-electron chi connectivity index (χ3n) is 2.32. The molecule has 0 spiro atoms. The lowest BCUT2D eigenvalue weighted by molar-refractivity contribution is -0.118. The first kappa shape index (κ1) is 9.51. The van der Waals surface area contributed by atoms with Crippen molar-refractivity contribution in [2.24, 2.45) is 5.73 Å². The summed E-state index contributed by atoms with van der Waals surface area (Å²) in [4.78, 5) is 15.1. The molecule has 1 amide bonds. The lowest BCUT2D eigenvalue weighted by Gasteiger charge is -2.02. The molecule has 0 fully saturated rings. The quantitative estimate of drug-likeness (QED) is 0.742. The smallest absolute Gasteiger partial charge is 0.237 e. The van der Waals surface area contributed by atoms with E-state index in [1.165, 1.54) is 0 Å². The first-order valence-electron chi connectivity index (χ1n) is 4.59. The molecule has 5 heteroatoms. The van der Waals surface area contributed by atoms with Crippen molar-refractivity contribution in [2.75, 3.05) is 5.73 Å². The first-order chi connectivity index (χ1) is 7.09. The van der Waals surface area contributed by atoms with Gasteiger partial charge in [-0.1, -0.05) is 12.1 Å². The number of aromatic nitrogens is 2. The molecule has 0 saturated heterocycles. The third-order valence-corrected chi connectivity index (χ3v) is 2.32. The highest BCUT2D eigenvalue weighted by atomic mass is 16.1. The minimum absolute atomic E-state index is 0.0613. The lowest BCUT2D eigenvalue weighted by Crippen LogP contribution is -2.19. The number of fused-ring (bicyclic) bond motifs is 1. The monoisotopic (exact) mass is 204 g/mol. The molecular formula is C10H12N4O. The fourth-order valence-corrected chi connectivity index (χ4v) is 1.63. The van der Waals surface area contributed by atoms with Crippen LogP contribution >= 0.6 is 0 Å². The number of aryl methyl sites for hydroxylation is 1. The second-order valence-corrected chi connectivity index (χ2v) is 3.47. The van der Waals surface area contributed by atoms with E-state index in [1.807, 2.05) is 25.1 Å². The predicted octanol–water partition coefficient (Wildman–Crippen LogP) is 0.412. The van der Waals surface area contributed by atoms with Crippen molar-refractivity contribution in [3.8, 4) is 0 Å². The Hall–Kier alpha value is -2.04. The van der Waals surface area contributed by atoms with Crippen molar-refractivity contribution in [2.45, 2.75) is 13.5 Å². The number of primary amides is 1. The van der Waals surface area contributed by atoms with Gasteiger partial charge in [0.2, 0.25) is 11.9 Å². The molecule has 0 radical (unpaired) electrons. The van der Waals surface area contributed by atoms with E-state index < -0.39 is 5.91 Å². The number of imidazole rings is 1. The third kappa shape index (κ3) is 1.52. The van der Waals surface area contributed by atoms with Gasteiger partial charge in [0.1, 0.15) is 6.54 Å². The second kappa shape index (κ2) is 3.27. The molecule has 1 aromatic carbocycles. The van der Waals surface area contributed by atoms with E-state index in [4.69, 9.17) is 11.5 Å². The summed E-state index contributed by atoms with van der Waals surface area (Å²) in [6.45, 7) is 2.01. The first-order valence-corrected chi connectivity index (χ1v) is 4.59. The van der Waals surface area contributed by atoms with Crippen molar-refractivity contribution in [1.82, 2.24) is 9.55 Å². The van der Waals surface area contributed by atoms with Crippen LogP contribution in [0.3, 0.4) is 0 Å². The van der Waals surface area contributed by atoms with Gasteiger partial charge in [-0.05, 0) is 18.6 Å². The summed E-state index contributed by atoms with van der Waals surface area (Å²) in [7, 11) is 0. The van der Waals surface area contributed by atoms with Crippen LogP contribution in [0.5, 0.6) is 0 Å². The van der Waals surface area contributed by atoms with E-state index in [0.717, 1.165) is 16.6 Å². The Balaban J connectivity index is 2.68. The summed E-state index contributed by atoms with van der Waals surface area (Å²) >= 11 is 0. The molecule has 2 rings (SSSR count). The Morgan fingerprint density at radius 3 is 2.93 bits per heavy atom. The number of para-hydroxylation sites is 1. The zero-order valence-corrected chi connectivity index (χ0v) is 8.40. The highest BCUT2D eigenvalue weighted by Gasteiger charge is 2.10. The standard InChI is InChI=1S/C10H12N4O/c1-6-3-2-4-7-9(6)13-10(12)14(7)5-8(11)15/h2-4H,5H2,1H3,(H2,11,15)(H2,12,13). The van der Waals surface area contributed by atoms with Crippen molar-refractivity contribution in [3.05, 3.63) is 23.8 Å². The van der Waals surface area contributed by atoms with Gasteiger partial charge in [0.05, 0.1) is 11.0 Å². The Morgan fingerprint density at radius 2 is 2.27 bits per heavy atom. The van der Waals surface area contributed by atoms with Gasteiger partial charge in [-0.25, -0.2) is 4.98 Å². The Kier molecular flexibility index (Phi) is 2.07. The molecule has 2 aromatic rings. The van der Waals surface area contributed by atoms with Crippen LogP contribution in [0.25, 0.3) is 11.0 Å². The van der Waals surface area contributed by atoms with Gasteiger partial charge >= 0.3 is 0 Å². The molecule has 0 aliphatic rings. The van der Waals surface area contributed by atoms with E-state index in [0.29, 0.717) is 5.95 Å². The van der Waals surface area contributed by atoms with E-state index >= 15 is 0 Å². The largest absolute Gasteiger partial charge is 0.369 e. The van der Waals surface area contributed by atoms with Crippen LogP contribution in [0.15, 0.2) is 18.2 Å². The number of carbonyl (C=O) groups excluding carboxylic acids is 1. The van der Waals surface area contributed by atoms with Crippen molar-refractivity contribution < 1.29 is 4.79 Å². The molecule has 1 aromatic heterocycles. The van der Waals surface area contributed by atoms with Crippen molar-refractivity contribution in [3.63, 3.8) is 0 Å². The lowest BCUT2D eigenvalue weighted by atomic mass is 10.2. The second-order valence-electron chi connectivity index (χ2n) is 3.47. The summed E-state index contributed by atoms with van der Waals surface area (Å²) in [6, 6.07) is 5.72.